The summed E-state index contributed by atoms with van der Waals surface area (Å²) in [6.07, 6.45) is 5.90. The number of hydrogen-bond acceptors (Lipinski definition) is 1. The summed E-state index contributed by atoms with van der Waals surface area (Å²) in [5, 5.41) is 7.38. The van der Waals surface area contributed by atoms with E-state index in [1.165, 1.54) is 19.3 Å². The molecule has 1 heteroatoms. The van der Waals surface area contributed by atoms with Crippen molar-refractivity contribution in [1.29, 1.82) is 5.41 Å². The summed E-state index contributed by atoms with van der Waals surface area (Å²) in [7, 11) is 0. The molecule has 2 rings (SSSR count). The Bertz CT molecular complexity index is 183. The largest absolute Gasteiger partial charge is 0.313 e. The Morgan fingerprint density at radius 3 is 2.45 bits per heavy atom. The summed E-state index contributed by atoms with van der Waals surface area (Å²) in [5.74, 6) is 2.35. The number of hydrogen-bond donors (Lipinski definition) is 1. The molecule has 62 valence electrons. The maximum Gasteiger partial charge on any atom is 0.00174 e. The minimum Gasteiger partial charge on any atom is -0.313 e. The molecule has 0 amide bonds. The number of rotatable bonds is 1. The van der Waals surface area contributed by atoms with Crippen LogP contribution in [0.15, 0.2) is 0 Å². The normalized spacial score (nSPS) is 46.2. The van der Waals surface area contributed by atoms with Gasteiger partial charge in [-0.25, -0.2) is 0 Å². The van der Waals surface area contributed by atoms with Gasteiger partial charge in [0.1, 0.15) is 0 Å². The highest BCUT2D eigenvalue weighted by Crippen LogP contribution is 2.58. The van der Waals surface area contributed by atoms with Gasteiger partial charge in [0.25, 0.3) is 0 Å². The van der Waals surface area contributed by atoms with Crippen LogP contribution in [0.5, 0.6) is 0 Å². The number of fused-ring (bicyclic) bond motifs is 2. The van der Waals surface area contributed by atoms with E-state index in [0.717, 1.165) is 11.8 Å². The lowest BCUT2D eigenvalue weighted by atomic mass is 9.69. The van der Waals surface area contributed by atoms with Crippen LogP contribution >= 0.6 is 0 Å². The predicted octanol–water partition coefficient (Wildman–Crippen LogP) is 2.71. The molecule has 0 aromatic rings. The minimum atomic E-state index is 0.435. The average Bonchev–Trinajstić information content (AvgIpc) is 2.44. The second kappa shape index (κ2) is 2.09. The van der Waals surface area contributed by atoms with Crippen molar-refractivity contribution in [2.75, 3.05) is 0 Å². The highest BCUT2D eigenvalue weighted by molar-refractivity contribution is 5.60. The van der Waals surface area contributed by atoms with E-state index in [4.69, 9.17) is 5.41 Å². The van der Waals surface area contributed by atoms with Crippen LogP contribution in [-0.4, -0.2) is 6.21 Å². The van der Waals surface area contributed by atoms with Gasteiger partial charge < -0.3 is 5.41 Å². The lowest BCUT2D eigenvalue weighted by Gasteiger charge is -2.35. The first-order valence-electron chi connectivity index (χ1n) is 4.67. The molecular weight excluding hydrogens is 134 g/mol. The van der Waals surface area contributed by atoms with Gasteiger partial charge >= 0.3 is 0 Å². The van der Waals surface area contributed by atoms with Crippen LogP contribution in [0.4, 0.5) is 0 Å². The van der Waals surface area contributed by atoms with Crippen molar-refractivity contribution in [1.82, 2.24) is 0 Å². The van der Waals surface area contributed by atoms with E-state index in [1.54, 1.807) is 6.21 Å². The standard InChI is InChI=1S/C10H17N/c1-10(2)8-4-3-7(5-8)9(10)6-11/h6-9,11H,3-5H2,1-2H3. The summed E-state index contributed by atoms with van der Waals surface area (Å²) < 4.78 is 0. The van der Waals surface area contributed by atoms with Gasteiger partial charge in [0, 0.05) is 5.92 Å². The van der Waals surface area contributed by atoms with Crippen molar-refractivity contribution >= 4 is 6.21 Å². The van der Waals surface area contributed by atoms with E-state index >= 15 is 0 Å². The SMILES string of the molecule is CC1(C)C2CCC(C2)C1C=N. The molecule has 2 saturated carbocycles. The maximum atomic E-state index is 7.38. The first kappa shape index (κ1) is 7.33. The van der Waals surface area contributed by atoms with Gasteiger partial charge in [-0.05, 0) is 42.7 Å². The molecule has 2 bridgehead atoms. The first-order valence-corrected chi connectivity index (χ1v) is 4.67. The summed E-state index contributed by atoms with van der Waals surface area (Å²) >= 11 is 0. The molecule has 1 N–H and O–H groups in total. The van der Waals surface area contributed by atoms with Gasteiger partial charge in [-0.3, -0.25) is 0 Å². The van der Waals surface area contributed by atoms with E-state index in [2.05, 4.69) is 13.8 Å². The summed E-state index contributed by atoms with van der Waals surface area (Å²) in [4.78, 5) is 0. The Morgan fingerprint density at radius 2 is 2.09 bits per heavy atom. The van der Waals surface area contributed by atoms with E-state index in [1.807, 2.05) is 0 Å². The minimum absolute atomic E-state index is 0.435. The molecule has 0 spiro atoms. The van der Waals surface area contributed by atoms with Crippen molar-refractivity contribution in [3.8, 4) is 0 Å². The van der Waals surface area contributed by atoms with Gasteiger partial charge in [0.15, 0.2) is 0 Å². The Labute approximate surface area is 68.7 Å². The summed E-state index contributed by atoms with van der Waals surface area (Å²) in [6.45, 7) is 4.68. The van der Waals surface area contributed by atoms with E-state index in [-0.39, 0.29) is 0 Å². The maximum absolute atomic E-state index is 7.38. The van der Waals surface area contributed by atoms with Crippen LogP contribution in [0, 0.1) is 28.6 Å². The monoisotopic (exact) mass is 151 g/mol. The molecule has 2 aliphatic carbocycles. The lowest BCUT2D eigenvalue weighted by molar-refractivity contribution is 0.175. The quantitative estimate of drug-likeness (QED) is 0.557. The molecule has 1 nitrogen and oxygen atoms in total. The van der Waals surface area contributed by atoms with Crippen molar-refractivity contribution in [3.63, 3.8) is 0 Å². The van der Waals surface area contributed by atoms with E-state index in [0.29, 0.717) is 11.3 Å². The van der Waals surface area contributed by atoms with Gasteiger partial charge in [-0.1, -0.05) is 13.8 Å². The van der Waals surface area contributed by atoms with Crippen LogP contribution in [0.1, 0.15) is 33.1 Å². The Hall–Kier alpha value is -0.330. The lowest BCUT2D eigenvalue weighted by Crippen LogP contribution is -2.31. The fourth-order valence-electron chi connectivity index (χ4n) is 3.25. The smallest absolute Gasteiger partial charge is 0.00174 e. The third-order valence-electron chi connectivity index (χ3n) is 4.07. The second-order valence-corrected chi connectivity index (χ2v) is 4.78. The molecule has 0 heterocycles. The third-order valence-corrected chi connectivity index (χ3v) is 4.07. The summed E-state index contributed by atoms with van der Waals surface area (Å²) in [5.41, 5.74) is 0.435. The second-order valence-electron chi connectivity index (χ2n) is 4.78. The fraction of sp³-hybridized carbons (Fsp3) is 0.900. The molecule has 0 saturated heterocycles. The van der Waals surface area contributed by atoms with E-state index in [9.17, 15) is 0 Å². The molecule has 2 aliphatic rings. The van der Waals surface area contributed by atoms with Gasteiger partial charge in [0.05, 0.1) is 0 Å². The zero-order valence-electron chi connectivity index (χ0n) is 7.43. The van der Waals surface area contributed by atoms with Crippen molar-refractivity contribution in [3.05, 3.63) is 0 Å². The van der Waals surface area contributed by atoms with Crippen molar-refractivity contribution < 1.29 is 0 Å². The highest BCUT2D eigenvalue weighted by Gasteiger charge is 2.51. The topological polar surface area (TPSA) is 23.9 Å². The Morgan fingerprint density at radius 1 is 1.36 bits per heavy atom. The van der Waals surface area contributed by atoms with E-state index < -0.39 is 0 Å². The molecule has 11 heavy (non-hydrogen) atoms. The Kier molecular flexibility index (Phi) is 1.39. The number of nitrogens with one attached hydrogen (secondary N) is 1. The zero-order valence-corrected chi connectivity index (χ0v) is 7.43. The third kappa shape index (κ3) is 0.800. The van der Waals surface area contributed by atoms with Gasteiger partial charge in [-0.2, -0.15) is 0 Å². The van der Waals surface area contributed by atoms with Crippen LogP contribution in [0.25, 0.3) is 0 Å². The van der Waals surface area contributed by atoms with Gasteiger partial charge in [-0.15, -0.1) is 0 Å². The van der Waals surface area contributed by atoms with Gasteiger partial charge in [0.2, 0.25) is 0 Å². The highest BCUT2D eigenvalue weighted by atomic mass is 14.6. The average molecular weight is 151 g/mol. The van der Waals surface area contributed by atoms with Crippen LogP contribution in [0.3, 0.4) is 0 Å². The molecular formula is C10H17N. The molecule has 2 fully saturated rings. The molecule has 0 aromatic heterocycles. The first-order chi connectivity index (χ1) is 5.16. The molecule has 3 unspecified atom stereocenters. The molecule has 0 aromatic carbocycles. The van der Waals surface area contributed by atoms with Crippen molar-refractivity contribution in [2.45, 2.75) is 33.1 Å². The fourth-order valence-corrected chi connectivity index (χ4v) is 3.25. The zero-order chi connectivity index (χ0) is 8.06. The Balaban J connectivity index is 2.27. The van der Waals surface area contributed by atoms with Crippen molar-refractivity contribution in [2.24, 2.45) is 23.2 Å². The van der Waals surface area contributed by atoms with Crippen LogP contribution in [-0.2, 0) is 0 Å². The van der Waals surface area contributed by atoms with Crippen LogP contribution < -0.4 is 0 Å². The van der Waals surface area contributed by atoms with Crippen LogP contribution in [0.2, 0.25) is 0 Å². The molecule has 0 aliphatic heterocycles. The molecule has 3 atom stereocenters. The predicted molar refractivity (Wildman–Crippen MR) is 46.9 cm³/mol. The molecule has 0 radical (unpaired) electrons. The summed E-state index contributed by atoms with van der Waals surface area (Å²) in [6, 6.07) is 0.